The zero-order valence-corrected chi connectivity index (χ0v) is 84.9. The van der Waals surface area contributed by atoms with Crippen LogP contribution in [0.3, 0.4) is 0 Å². The van der Waals surface area contributed by atoms with E-state index in [-0.39, 0.29) is 107 Å². The molecule has 0 aromatic heterocycles. The van der Waals surface area contributed by atoms with Crippen molar-refractivity contribution in [1.82, 2.24) is 26.7 Å². The number of thiocarbonyl (C=S) groups is 1. The summed E-state index contributed by atoms with van der Waals surface area (Å²) in [5, 5.41) is 33.7. The van der Waals surface area contributed by atoms with Crippen LogP contribution in [0.25, 0.3) is 0 Å². The second-order valence-electron chi connectivity index (χ2n) is 39.3. The number of fused-ring (bicyclic) bond motifs is 4. The molecule has 9 aliphatic rings. The first-order valence-electron chi connectivity index (χ1n) is 49.8. The van der Waals surface area contributed by atoms with Crippen LogP contribution in [0.15, 0.2) is 318 Å². The van der Waals surface area contributed by atoms with Gasteiger partial charge in [0.2, 0.25) is 0 Å². The maximum Gasteiger partial charge on any atom is 0.413 e. The number of nitrogens with two attached hydrogens (primary N) is 1. The number of hydrogen-bond acceptors (Lipinski definition) is 20. The van der Waals surface area contributed by atoms with Crippen LogP contribution < -0.4 is 32.5 Å². The summed E-state index contributed by atoms with van der Waals surface area (Å²) < 4.78 is 104. The molecular formula is C116H126F5N9O11S4. The molecule has 20 nitrogen and oxygen atoms in total. The molecule has 4 aliphatic heterocycles. The summed E-state index contributed by atoms with van der Waals surface area (Å²) in [6, 6.07) is 92.4. The van der Waals surface area contributed by atoms with Gasteiger partial charge in [-0.1, -0.05) is 284 Å². The Balaban J connectivity index is 0.000000131. The average Bonchev–Trinajstić information content (AvgIpc) is 1.72. The number of hydroxylamine groups is 1. The molecule has 0 bridgehead atoms. The molecule has 9 N–H and O–H groups in total. The van der Waals surface area contributed by atoms with Crippen LogP contribution in [-0.2, 0) is 82.6 Å². The highest BCUT2D eigenvalue weighted by atomic mass is 32.2. The Morgan fingerprint density at radius 2 is 0.779 bits per heavy atom. The summed E-state index contributed by atoms with van der Waals surface area (Å²) in [5.74, 6) is 0.590. The Bertz CT molecular complexity index is 6240. The fourth-order valence-corrected chi connectivity index (χ4v) is 25.2. The molecule has 6 fully saturated rings. The van der Waals surface area contributed by atoms with Crippen LogP contribution in [-0.4, -0.2) is 115 Å². The molecule has 4 heterocycles. The van der Waals surface area contributed by atoms with Gasteiger partial charge in [0.15, 0.2) is 20.6 Å². The smallest absolute Gasteiger partial charge is 0.413 e. The van der Waals surface area contributed by atoms with Gasteiger partial charge >= 0.3 is 6.09 Å². The van der Waals surface area contributed by atoms with Crippen molar-refractivity contribution in [2.75, 3.05) is 30.5 Å². The molecule has 0 radical (unpaired) electrons. The van der Waals surface area contributed by atoms with Gasteiger partial charge in [-0.2, -0.15) is 5.48 Å². The number of aliphatic imine (C=N–C) groups is 3. The normalized spacial score (nSPS) is 26.0. The third-order valence-electron chi connectivity index (χ3n) is 28.9. The number of hydrogen-bond donors (Lipinski definition) is 8. The minimum absolute atomic E-state index is 0.0114. The Morgan fingerprint density at radius 1 is 0.428 bits per heavy atom. The van der Waals surface area contributed by atoms with E-state index >= 15 is 8.78 Å². The molecule has 5 aliphatic carbocycles. The molecule has 760 valence electrons. The molecule has 145 heavy (non-hydrogen) atoms. The van der Waals surface area contributed by atoms with Gasteiger partial charge in [0, 0.05) is 92.4 Å². The highest BCUT2D eigenvalue weighted by Crippen LogP contribution is 2.55. The van der Waals surface area contributed by atoms with E-state index in [0.29, 0.717) is 138 Å². The summed E-state index contributed by atoms with van der Waals surface area (Å²) >= 11 is 10.00. The van der Waals surface area contributed by atoms with Crippen molar-refractivity contribution in [1.29, 1.82) is 0 Å². The summed E-state index contributed by atoms with van der Waals surface area (Å²) in [6.45, 7) is 8.06. The monoisotopic (exact) mass is 2040 g/mol. The number of aliphatic hydroxyl groups excluding tert-OH is 2. The van der Waals surface area contributed by atoms with E-state index < -0.39 is 45.5 Å². The number of carbonyl (C=O) groups excluding carboxylic acids is 3. The lowest BCUT2D eigenvalue weighted by atomic mass is 9.68. The van der Waals surface area contributed by atoms with Gasteiger partial charge < -0.3 is 55.1 Å². The zero-order valence-electron chi connectivity index (χ0n) is 81.6. The molecule has 0 unspecified atom stereocenters. The second kappa shape index (κ2) is 49.9. The van der Waals surface area contributed by atoms with Crippen LogP contribution >= 0.6 is 47.5 Å². The lowest BCUT2D eigenvalue weighted by molar-refractivity contribution is -0.0388. The van der Waals surface area contributed by atoms with E-state index in [1.54, 1.807) is 124 Å². The Morgan fingerprint density at radius 3 is 1.21 bits per heavy atom. The maximum atomic E-state index is 15.1. The topological polar surface area (TPSA) is 270 Å². The lowest BCUT2D eigenvalue weighted by Gasteiger charge is -2.47. The van der Waals surface area contributed by atoms with Crippen molar-refractivity contribution in [2.24, 2.45) is 50.3 Å². The van der Waals surface area contributed by atoms with Crippen LogP contribution in [0.4, 0.5) is 26.7 Å². The fraction of sp³-hybridized carbons (Fsp3) is 0.371. The van der Waals surface area contributed by atoms with Gasteiger partial charge in [-0.15, -0.1) is 0 Å². The maximum absolute atomic E-state index is 15.1. The van der Waals surface area contributed by atoms with Gasteiger partial charge in [-0.05, 0) is 206 Å². The molecule has 20 rings (SSSR count). The van der Waals surface area contributed by atoms with Crippen LogP contribution in [0.1, 0.15) is 188 Å². The van der Waals surface area contributed by atoms with Crippen molar-refractivity contribution in [3.63, 3.8) is 0 Å². The lowest BCUT2D eigenvalue weighted by Crippen LogP contribution is -2.58. The molecule has 11 aromatic carbocycles. The van der Waals surface area contributed by atoms with Gasteiger partial charge in [0.25, 0.3) is 11.8 Å². The highest BCUT2D eigenvalue weighted by molar-refractivity contribution is 8.14. The highest BCUT2D eigenvalue weighted by Gasteiger charge is 2.55. The van der Waals surface area contributed by atoms with Crippen molar-refractivity contribution in [2.45, 2.75) is 207 Å². The Kier molecular flexibility index (Phi) is 36.7. The molecule has 11 aromatic rings. The summed E-state index contributed by atoms with van der Waals surface area (Å²) in [6.07, 6.45) is 10.1. The van der Waals surface area contributed by atoms with Crippen LogP contribution in [0.2, 0.25) is 0 Å². The molecule has 3 amide bonds. The number of halogens is 5. The van der Waals surface area contributed by atoms with E-state index in [1.165, 1.54) is 65.0 Å². The number of nitrogens with one attached hydrogen (secondary N) is 5. The number of rotatable bonds is 21. The first-order chi connectivity index (χ1) is 70.3. The second-order valence-corrected chi connectivity index (χ2v) is 42.8. The van der Waals surface area contributed by atoms with Gasteiger partial charge in [-0.25, -0.2) is 26.7 Å². The van der Waals surface area contributed by atoms with E-state index in [2.05, 4.69) is 63.1 Å². The van der Waals surface area contributed by atoms with Crippen molar-refractivity contribution < 1.29 is 75.1 Å². The average molecular weight is 2050 g/mol. The third-order valence-corrected chi connectivity index (χ3v) is 32.1. The van der Waals surface area contributed by atoms with E-state index in [1.807, 2.05) is 146 Å². The first-order valence-corrected chi connectivity index (χ1v) is 53.2. The Hall–Kier alpha value is -11.3. The number of carbonyl (C=O) groups is 3. The predicted octanol–water partition coefficient (Wildman–Crippen LogP) is 22.9. The number of ether oxygens (including phenoxy) is 5. The van der Waals surface area contributed by atoms with Crippen molar-refractivity contribution in [3.05, 3.63) is 394 Å². The van der Waals surface area contributed by atoms with Crippen LogP contribution in [0.5, 0.6) is 0 Å². The number of aliphatic hydroxyl groups is 2. The number of nitrogens with zero attached hydrogens (tertiary/aromatic N) is 3. The fourth-order valence-electron chi connectivity index (χ4n) is 21.6. The minimum Gasteiger partial charge on any atom is -0.444 e. The van der Waals surface area contributed by atoms with Gasteiger partial charge in [0.05, 0.1) is 91.2 Å². The van der Waals surface area contributed by atoms with E-state index in [4.69, 9.17) is 61.5 Å². The van der Waals surface area contributed by atoms with E-state index in [9.17, 15) is 37.8 Å². The van der Waals surface area contributed by atoms with E-state index in [0.717, 1.165) is 74.0 Å². The van der Waals surface area contributed by atoms with Crippen molar-refractivity contribution in [3.8, 4) is 0 Å². The first kappa shape index (κ1) is 106. The third kappa shape index (κ3) is 26.8. The summed E-state index contributed by atoms with van der Waals surface area (Å²) in [7, 11) is 0. The summed E-state index contributed by atoms with van der Waals surface area (Å²) in [5.41, 5.74) is 13.7. The predicted molar refractivity (Wildman–Crippen MR) is 566 cm³/mol. The number of thioether (sulfide) groups is 3. The largest absolute Gasteiger partial charge is 0.444 e. The Labute approximate surface area is 863 Å². The number of amidine groups is 3. The summed E-state index contributed by atoms with van der Waals surface area (Å²) in [4.78, 5) is 57.7. The SMILES string of the molecule is CC(C)(C)OC(=O)NC1=N[C@@]2(c3ccccc3F)CC[C@H](O)C[C@H]2CS1.Fc1ccccc1[C@]12CC[C@H](OCc3ccccc3)C[C@H]1CON2.NC1=N[C@@]2(c3ccccc3F)CC[C@H](OCc3ccccc3)C[C@H]2CS1.O=C(NC(=S)N[C@@]1(c2ccccc2F)CC[C@H](OCc2ccccc2)C[C@H]1CO)c1ccccc1.O=C(NC1=N[C@@]2(c3ccccc3F)CC[C@H](OCc3ccccc3)C[C@H]2CS1)c1ccccc1. The molecule has 29 heteroatoms. The van der Waals surface area contributed by atoms with Gasteiger partial charge in [-0.3, -0.25) is 35.2 Å². The molecule has 0 spiro atoms. The molecule has 1 saturated heterocycles. The number of benzene rings is 11. The molecule has 5 saturated carbocycles. The molecule has 15 atom stereocenters. The van der Waals surface area contributed by atoms with Crippen LogP contribution in [0, 0.1) is 58.7 Å². The molecular weight excluding hydrogens is 1920 g/mol. The quantitative estimate of drug-likeness (QED) is 0.0245. The standard InChI is InChI=1S/C28H29FN2O3S.C28H27FN2O2S.C21H23FN2OS.C20H22FNO2.C19H25FN2O3S/c29-25-14-8-7-13-24(25)28(31-27(35)30-26(33)21-11-5-2-6-12-21)16-15-23(17-22(28)18-32)34-19-20-9-3-1-4-10-20;29-25-14-8-7-13-24(25)28-16-15-23(33-18-20-9-3-1-4-10-20)17-22(28)19-34-27(31-28)30-26(32)21-11-5-2-6-12-21;22-19-9-5-4-8-18(19)21-11-10-17(12-16(21)14-26-20(23)24-21)25-13-15-6-2-1-3-7-15;21-19-9-5-4-8-18(19)20-11-10-17(12-16(20)14-24-22-20)23-13-15-6-2-1-3-7-15;1-18(2,3)25-17(24)21-16-22-19(14-6-4-5-7-15(14)20)9-8-13(23)10-12(19)11-26-16/h1-14,22-23,32H,15-19H2,(H2,30,31,33,35);1-14,22-23H,15-19H2,(H,30,31,32);1-9,16-17H,10-14H2,(H2,23,24);1-9,16-17,22H,10-14H2;4-7,12-13,23H,8-11H2,1-3H3,(H,21,22,24)/t2*22-,23-,28-;16-,17-,21-;16-,17-,20-;12-,13-,19-/m00000/s1. The zero-order chi connectivity index (χ0) is 101. The number of amides is 3. The minimum atomic E-state index is -0.992. The number of alkyl carbamates (subject to hydrolysis) is 1. The van der Waals surface area contributed by atoms with Crippen molar-refractivity contribution >= 4 is 86.0 Å². The van der Waals surface area contributed by atoms with Gasteiger partial charge in [0.1, 0.15) is 34.7 Å².